The summed E-state index contributed by atoms with van der Waals surface area (Å²) in [6.07, 6.45) is 28.8. The second-order valence-corrected chi connectivity index (χ2v) is 9.00. The van der Waals surface area contributed by atoms with E-state index in [1.54, 1.807) is 0 Å². The number of rotatable bonds is 21. The molecule has 0 aliphatic rings. The van der Waals surface area contributed by atoms with Crippen molar-refractivity contribution in [3.63, 3.8) is 0 Å². The van der Waals surface area contributed by atoms with Gasteiger partial charge in [0.05, 0.1) is 6.10 Å². The molecule has 2 heteroatoms. The van der Waals surface area contributed by atoms with Crippen LogP contribution in [0.1, 0.15) is 156 Å². The quantitative estimate of drug-likeness (QED) is 0.141. The van der Waals surface area contributed by atoms with Gasteiger partial charge in [0.2, 0.25) is 0 Å². The maximum absolute atomic E-state index is 9.30. The van der Waals surface area contributed by atoms with Crippen molar-refractivity contribution >= 4 is 12.6 Å². The zero-order chi connectivity index (χ0) is 21.1. The summed E-state index contributed by atoms with van der Waals surface area (Å²) in [7, 11) is 0. The highest BCUT2D eigenvalue weighted by atomic mass is 32.1. The zero-order valence-electron chi connectivity index (χ0n) is 20.0. The van der Waals surface area contributed by atoms with Gasteiger partial charge in [-0.1, -0.05) is 149 Å². The Morgan fingerprint density at radius 3 is 0.964 bits per heavy atom. The van der Waals surface area contributed by atoms with E-state index in [4.69, 9.17) is 0 Å². The van der Waals surface area contributed by atoms with Crippen LogP contribution < -0.4 is 0 Å². The first-order chi connectivity index (χ1) is 13.7. The Kier molecular flexibility index (Phi) is 32.1. The largest absolute Gasteiger partial charge is 0.392 e. The summed E-state index contributed by atoms with van der Waals surface area (Å²) in [6, 6.07) is 0. The molecule has 0 aliphatic heterocycles. The van der Waals surface area contributed by atoms with Crippen LogP contribution in [-0.2, 0) is 0 Å². The van der Waals surface area contributed by atoms with Crippen LogP contribution in [0.4, 0.5) is 0 Å². The Bertz CT molecular complexity index is 235. The van der Waals surface area contributed by atoms with Crippen LogP contribution in [0.15, 0.2) is 0 Å². The zero-order valence-corrected chi connectivity index (χ0v) is 20.9. The van der Waals surface area contributed by atoms with Crippen LogP contribution in [0.3, 0.4) is 0 Å². The summed E-state index contributed by atoms with van der Waals surface area (Å²) in [5.41, 5.74) is 0. The third kappa shape index (κ3) is 31.0. The maximum atomic E-state index is 9.30. The lowest BCUT2D eigenvalue weighted by molar-refractivity contribution is 0.185. The lowest BCUT2D eigenvalue weighted by Gasteiger charge is -2.06. The highest BCUT2D eigenvalue weighted by Crippen LogP contribution is 2.12. The van der Waals surface area contributed by atoms with Crippen LogP contribution in [0.5, 0.6) is 0 Å². The van der Waals surface area contributed by atoms with E-state index in [1.807, 2.05) is 0 Å². The molecule has 1 unspecified atom stereocenters. The molecule has 0 fully saturated rings. The summed E-state index contributed by atoms with van der Waals surface area (Å²) in [5, 5.41) is 9.30. The first kappa shape index (κ1) is 30.5. The van der Waals surface area contributed by atoms with Crippen molar-refractivity contribution in [2.24, 2.45) is 0 Å². The third-order valence-corrected chi connectivity index (χ3v) is 5.98. The number of hydrogen-bond donors (Lipinski definition) is 2. The second kappa shape index (κ2) is 29.5. The lowest BCUT2D eigenvalue weighted by atomic mass is 10.1. The third-order valence-electron chi connectivity index (χ3n) is 5.56. The number of unbranched alkanes of at least 4 members (excludes halogenated alkanes) is 18. The molecule has 0 bridgehead atoms. The van der Waals surface area contributed by atoms with Crippen molar-refractivity contribution in [1.82, 2.24) is 0 Å². The van der Waals surface area contributed by atoms with Gasteiger partial charge in [-0.15, -0.1) is 0 Å². The van der Waals surface area contributed by atoms with E-state index in [2.05, 4.69) is 33.4 Å². The molecule has 0 saturated heterocycles. The Morgan fingerprint density at radius 2 is 0.714 bits per heavy atom. The van der Waals surface area contributed by atoms with Crippen molar-refractivity contribution in [1.29, 1.82) is 0 Å². The van der Waals surface area contributed by atoms with E-state index in [0.29, 0.717) is 5.75 Å². The number of thiol groups is 1. The molecule has 0 radical (unpaired) electrons. The molecule has 0 aliphatic carbocycles. The molecule has 0 heterocycles. The first-order valence-electron chi connectivity index (χ1n) is 13.0. The Balaban J connectivity index is 0. The highest BCUT2D eigenvalue weighted by molar-refractivity contribution is 7.80. The van der Waals surface area contributed by atoms with E-state index in [0.717, 1.165) is 12.8 Å². The fourth-order valence-corrected chi connectivity index (χ4v) is 3.70. The molecule has 0 spiro atoms. The number of aliphatic hydroxyl groups excluding tert-OH is 1. The van der Waals surface area contributed by atoms with Gasteiger partial charge < -0.3 is 5.11 Å². The first-order valence-corrected chi connectivity index (χ1v) is 13.6. The van der Waals surface area contributed by atoms with Gasteiger partial charge >= 0.3 is 0 Å². The van der Waals surface area contributed by atoms with Gasteiger partial charge in [-0.3, -0.25) is 0 Å². The minimum Gasteiger partial charge on any atom is -0.392 e. The molecule has 0 aromatic carbocycles. The smallest absolute Gasteiger partial charge is 0.0628 e. The van der Waals surface area contributed by atoms with E-state index in [1.165, 1.54) is 122 Å². The maximum Gasteiger partial charge on any atom is 0.0628 e. The van der Waals surface area contributed by atoms with Crippen molar-refractivity contribution in [3.8, 4) is 0 Å². The van der Waals surface area contributed by atoms with Gasteiger partial charge in [-0.2, -0.15) is 12.6 Å². The molecule has 1 N–H and O–H groups in total. The monoisotopic (exact) mass is 416 g/mol. The average molecular weight is 417 g/mol. The van der Waals surface area contributed by atoms with Gasteiger partial charge in [-0.05, 0) is 6.42 Å². The van der Waals surface area contributed by atoms with Gasteiger partial charge in [-0.25, -0.2) is 0 Å². The standard InChI is InChI=1S/C14H30OS.C12H26/c1-2-3-4-5-6-7-8-9-10-11-12-14(15)13-16;1-3-5-7-9-11-12-10-8-6-4-2/h14-16H,2-13H2,1H3;3-12H2,1-2H3. The highest BCUT2D eigenvalue weighted by Gasteiger charge is 1.99. The van der Waals surface area contributed by atoms with Crippen LogP contribution in [-0.4, -0.2) is 17.0 Å². The summed E-state index contributed by atoms with van der Waals surface area (Å²) in [6.45, 7) is 6.82. The van der Waals surface area contributed by atoms with Gasteiger partial charge in [0, 0.05) is 5.75 Å². The molecular formula is C26H56OS. The fraction of sp³-hybridized carbons (Fsp3) is 1.00. The summed E-state index contributed by atoms with van der Waals surface area (Å²) in [4.78, 5) is 0. The van der Waals surface area contributed by atoms with Crippen LogP contribution in [0.25, 0.3) is 0 Å². The van der Waals surface area contributed by atoms with Crippen molar-refractivity contribution in [2.45, 2.75) is 162 Å². The minimum atomic E-state index is -0.183. The topological polar surface area (TPSA) is 20.2 Å². The number of aliphatic hydroxyl groups is 1. The Labute approximate surface area is 185 Å². The van der Waals surface area contributed by atoms with Crippen LogP contribution in [0.2, 0.25) is 0 Å². The number of hydrogen-bond acceptors (Lipinski definition) is 2. The normalized spacial score (nSPS) is 11.9. The summed E-state index contributed by atoms with van der Waals surface area (Å²) in [5.74, 6) is 0.609. The van der Waals surface area contributed by atoms with Crippen LogP contribution in [0, 0.1) is 0 Å². The predicted octanol–water partition coefficient (Wildman–Crippen LogP) is 9.52. The molecule has 172 valence electrons. The molecule has 0 saturated carbocycles. The molecule has 28 heavy (non-hydrogen) atoms. The van der Waals surface area contributed by atoms with Crippen molar-refractivity contribution in [2.75, 3.05) is 5.75 Å². The van der Waals surface area contributed by atoms with Gasteiger partial charge in [0.25, 0.3) is 0 Å². The summed E-state index contributed by atoms with van der Waals surface area (Å²) >= 11 is 4.06. The second-order valence-electron chi connectivity index (χ2n) is 8.64. The lowest BCUT2D eigenvalue weighted by Crippen LogP contribution is -2.07. The molecule has 1 atom stereocenters. The molecule has 0 aromatic heterocycles. The van der Waals surface area contributed by atoms with Gasteiger partial charge in [0.15, 0.2) is 0 Å². The Morgan fingerprint density at radius 1 is 0.464 bits per heavy atom. The molecular weight excluding hydrogens is 360 g/mol. The average Bonchev–Trinajstić information content (AvgIpc) is 2.71. The van der Waals surface area contributed by atoms with E-state index < -0.39 is 0 Å². The van der Waals surface area contributed by atoms with E-state index >= 15 is 0 Å². The molecule has 0 aromatic rings. The molecule has 0 rings (SSSR count). The van der Waals surface area contributed by atoms with E-state index in [-0.39, 0.29) is 6.10 Å². The minimum absolute atomic E-state index is 0.183. The Hall–Kier alpha value is 0.310. The van der Waals surface area contributed by atoms with Crippen molar-refractivity contribution in [3.05, 3.63) is 0 Å². The predicted molar refractivity (Wildman–Crippen MR) is 134 cm³/mol. The fourth-order valence-electron chi connectivity index (χ4n) is 3.52. The molecule has 0 amide bonds. The molecule has 1 nitrogen and oxygen atoms in total. The SMILES string of the molecule is CCCCCCCCCCCC.CCCCCCCCCCCCC(O)CS. The van der Waals surface area contributed by atoms with Gasteiger partial charge in [0.1, 0.15) is 0 Å². The summed E-state index contributed by atoms with van der Waals surface area (Å²) < 4.78 is 0. The van der Waals surface area contributed by atoms with Crippen LogP contribution >= 0.6 is 12.6 Å². The van der Waals surface area contributed by atoms with Crippen molar-refractivity contribution < 1.29 is 5.11 Å². The van der Waals surface area contributed by atoms with E-state index in [9.17, 15) is 5.11 Å².